The molecule has 0 fully saturated rings. The van der Waals surface area contributed by atoms with E-state index in [9.17, 15) is 0 Å². The summed E-state index contributed by atoms with van der Waals surface area (Å²) in [6, 6.07) is 3.88. The van der Waals surface area contributed by atoms with Gasteiger partial charge in [-0.05, 0) is 38.5 Å². The fraction of sp³-hybridized carbons (Fsp3) is 0.231. The molecule has 0 radical (unpaired) electrons. The third kappa shape index (κ3) is 1.68. The number of halogens is 1. The molecular weight excluding hydrogens is 208 g/mol. The van der Waals surface area contributed by atoms with E-state index in [1.54, 1.807) is 0 Å². The highest BCUT2D eigenvalue weighted by Gasteiger charge is 2.10. The van der Waals surface area contributed by atoms with E-state index in [0.29, 0.717) is 0 Å². The lowest BCUT2D eigenvalue weighted by Gasteiger charge is -1.96. The average Bonchev–Trinajstić information content (AvgIpc) is 2.46. The standard InChI is InChI=1S/C13H13ClO/c1-4-5-11-9(3)15-13-8(2)6-10(14)7-12(11)13/h4-7H,1-3H3/b5-4-. The summed E-state index contributed by atoms with van der Waals surface area (Å²) in [5.74, 6) is 0.938. The number of hydrogen-bond acceptors (Lipinski definition) is 1. The Kier molecular flexibility index (Phi) is 2.57. The number of aryl methyl sites for hydroxylation is 2. The van der Waals surface area contributed by atoms with Crippen molar-refractivity contribution in [2.75, 3.05) is 0 Å². The average molecular weight is 221 g/mol. The van der Waals surface area contributed by atoms with Gasteiger partial charge in [0.15, 0.2) is 0 Å². The minimum Gasteiger partial charge on any atom is -0.460 e. The Labute approximate surface area is 94.3 Å². The van der Waals surface area contributed by atoms with E-state index in [1.807, 2.05) is 39.0 Å². The van der Waals surface area contributed by atoms with E-state index < -0.39 is 0 Å². The van der Waals surface area contributed by atoms with Crippen LogP contribution in [0.1, 0.15) is 23.8 Å². The zero-order valence-electron chi connectivity index (χ0n) is 9.10. The molecule has 2 rings (SSSR count). The Bertz CT molecular complexity index is 535. The molecular formula is C13H13ClO. The maximum atomic E-state index is 6.04. The van der Waals surface area contributed by atoms with Crippen LogP contribution in [0.15, 0.2) is 22.6 Å². The number of allylic oxidation sites excluding steroid dienone is 1. The van der Waals surface area contributed by atoms with Crippen LogP contribution in [0.5, 0.6) is 0 Å². The van der Waals surface area contributed by atoms with E-state index in [2.05, 4.69) is 6.08 Å². The van der Waals surface area contributed by atoms with E-state index in [1.165, 1.54) is 0 Å². The Hall–Kier alpha value is -1.21. The summed E-state index contributed by atoms with van der Waals surface area (Å²) in [6.45, 7) is 5.98. The lowest BCUT2D eigenvalue weighted by molar-refractivity contribution is 0.575. The smallest absolute Gasteiger partial charge is 0.137 e. The fourth-order valence-electron chi connectivity index (χ4n) is 1.84. The van der Waals surface area contributed by atoms with Crippen molar-refractivity contribution in [1.82, 2.24) is 0 Å². The van der Waals surface area contributed by atoms with Gasteiger partial charge in [-0.2, -0.15) is 0 Å². The maximum absolute atomic E-state index is 6.04. The molecule has 1 aromatic carbocycles. The Balaban J connectivity index is 2.86. The van der Waals surface area contributed by atoms with Gasteiger partial charge in [-0.3, -0.25) is 0 Å². The summed E-state index contributed by atoms with van der Waals surface area (Å²) in [4.78, 5) is 0. The summed E-state index contributed by atoms with van der Waals surface area (Å²) in [6.07, 6.45) is 4.06. The molecule has 2 heteroatoms. The Morgan fingerprint density at radius 3 is 2.67 bits per heavy atom. The van der Waals surface area contributed by atoms with Crippen LogP contribution in [0.2, 0.25) is 5.02 Å². The monoisotopic (exact) mass is 220 g/mol. The zero-order chi connectivity index (χ0) is 11.0. The highest BCUT2D eigenvalue weighted by molar-refractivity contribution is 6.31. The molecule has 0 aliphatic rings. The zero-order valence-corrected chi connectivity index (χ0v) is 9.85. The van der Waals surface area contributed by atoms with Gasteiger partial charge in [-0.15, -0.1) is 0 Å². The van der Waals surface area contributed by atoms with Crippen molar-refractivity contribution in [3.05, 3.63) is 40.1 Å². The van der Waals surface area contributed by atoms with Crippen LogP contribution in [0.25, 0.3) is 17.0 Å². The number of benzene rings is 1. The van der Waals surface area contributed by atoms with Crippen LogP contribution >= 0.6 is 11.6 Å². The van der Waals surface area contributed by atoms with Gasteiger partial charge in [0, 0.05) is 16.0 Å². The summed E-state index contributed by atoms with van der Waals surface area (Å²) in [5.41, 5.74) is 3.14. The predicted octanol–water partition coefficient (Wildman–Crippen LogP) is 4.74. The topological polar surface area (TPSA) is 13.1 Å². The molecule has 1 aromatic heterocycles. The van der Waals surface area contributed by atoms with E-state index >= 15 is 0 Å². The van der Waals surface area contributed by atoms with Crippen LogP contribution in [-0.2, 0) is 0 Å². The van der Waals surface area contributed by atoms with Gasteiger partial charge in [0.1, 0.15) is 11.3 Å². The molecule has 0 bridgehead atoms. The van der Waals surface area contributed by atoms with E-state index in [4.69, 9.17) is 16.0 Å². The third-order valence-corrected chi connectivity index (χ3v) is 2.72. The molecule has 15 heavy (non-hydrogen) atoms. The second-order valence-corrected chi connectivity index (χ2v) is 4.11. The van der Waals surface area contributed by atoms with Crippen LogP contribution in [0, 0.1) is 13.8 Å². The minimum absolute atomic E-state index is 0.756. The SMILES string of the molecule is C/C=C\c1c(C)oc2c(C)cc(Cl)cc12. The number of rotatable bonds is 1. The van der Waals surface area contributed by atoms with Crippen LogP contribution in [-0.4, -0.2) is 0 Å². The molecule has 78 valence electrons. The van der Waals surface area contributed by atoms with Gasteiger partial charge in [-0.1, -0.05) is 23.8 Å². The lowest BCUT2D eigenvalue weighted by Crippen LogP contribution is -1.76. The largest absolute Gasteiger partial charge is 0.460 e. The van der Waals surface area contributed by atoms with Gasteiger partial charge < -0.3 is 4.42 Å². The summed E-state index contributed by atoms with van der Waals surface area (Å²) in [7, 11) is 0. The van der Waals surface area contributed by atoms with Gasteiger partial charge >= 0.3 is 0 Å². The molecule has 1 heterocycles. The predicted molar refractivity (Wildman–Crippen MR) is 65.4 cm³/mol. The Morgan fingerprint density at radius 1 is 1.27 bits per heavy atom. The van der Waals surface area contributed by atoms with Gasteiger partial charge in [0.25, 0.3) is 0 Å². The van der Waals surface area contributed by atoms with Crippen molar-refractivity contribution < 1.29 is 4.42 Å². The first kappa shape index (κ1) is 10.3. The normalized spacial score (nSPS) is 11.7. The highest BCUT2D eigenvalue weighted by Crippen LogP contribution is 2.31. The first-order valence-electron chi connectivity index (χ1n) is 4.95. The first-order valence-corrected chi connectivity index (χ1v) is 5.33. The van der Waals surface area contributed by atoms with Crippen LogP contribution in [0.3, 0.4) is 0 Å². The second kappa shape index (κ2) is 3.74. The number of furan rings is 1. The van der Waals surface area contributed by atoms with Crippen molar-refractivity contribution in [1.29, 1.82) is 0 Å². The number of hydrogen-bond donors (Lipinski definition) is 0. The molecule has 0 unspecified atom stereocenters. The quantitative estimate of drug-likeness (QED) is 0.677. The van der Waals surface area contributed by atoms with Crippen molar-refractivity contribution in [3.63, 3.8) is 0 Å². The molecule has 0 saturated carbocycles. The third-order valence-electron chi connectivity index (χ3n) is 2.50. The first-order chi connectivity index (χ1) is 7.13. The fourth-order valence-corrected chi connectivity index (χ4v) is 2.11. The van der Waals surface area contributed by atoms with E-state index in [0.717, 1.165) is 32.9 Å². The second-order valence-electron chi connectivity index (χ2n) is 3.67. The van der Waals surface area contributed by atoms with Crippen molar-refractivity contribution in [2.24, 2.45) is 0 Å². The summed E-state index contributed by atoms with van der Waals surface area (Å²) >= 11 is 6.04. The molecule has 0 saturated heterocycles. The van der Waals surface area contributed by atoms with Gasteiger partial charge in [0.2, 0.25) is 0 Å². The van der Waals surface area contributed by atoms with Crippen LogP contribution < -0.4 is 0 Å². The molecule has 0 N–H and O–H groups in total. The molecule has 1 nitrogen and oxygen atoms in total. The molecule has 0 atom stereocenters. The summed E-state index contributed by atoms with van der Waals surface area (Å²) < 4.78 is 5.73. The molecule has 2 aromatic rings. The maximum Gasteiger partial charge on any atom is 0.137 e. The molecule has 0 aliphatic heterocycles. The van der Waals surface area contributed by atoms with Crippen molar-refractivity contribution in [3.8, 4) is 0 Å². The number of fused-ring (bicyclic) bond motifs is 1. The van der Waals surface area contributed by atoms with Crippen molar-refractivity contribution >= 4 is 28.6 Å². The van der Waals surface area contributed by atoms with Crippen LogP contribution in [0.4, 0.5) is 0 Å². The molecule has 0 spiro atoms. The Morgan fingerprint density at radius 2 is 2.00 bits per heavy atom. The summed E-state index contributed by atoms with van der Waals surface area (Å²) in [5, 5.41) is 1.85. The van der Waals surface area contributed by atoms with Gasteiger partial charge in [0.05, 0.1) is 0 Å². The molecule has 0 amide bonds. The minimum atomic E-state index is 0.756. The van der Waals surface area contributed by atoms with Crippen molar-refractivity contribution in [2.45, 2.75) is 20.8 Å². The lowest BCUT2D eigenvalue weighted by atomic mass is 10.1. The molecule has 0 aliphatic carbocycles. The van der Waals surface area contributed by atoms with Gasteiger partial charge in [-0.25, -0.2) is 0 Å². The van der Waals surface area contributed by atoms with E-state index in [-0.39, 0.29) is 0 Å². The highest BCUT2D eigenvalue weighted by atomic mass is 35.5.